The molecule has 0 spiro atoms. The van der Waals surface area contributed by atoms with Gasteiger partial charge in [0.15, 0.2) is 17.1 Å². The third kappa shape index (κ3) is 4.84. The Hall–Kier alpha value is -4.99. The Kier molecular flexibility index (Phi) is 5.86. The molecule has 194 valence electrons. The average molecular weight is 521 g/mol. The lowest BCUT2D eigenvalue weighted by molar-refractivity contribution is -0.117. The van der Waals surface area contributed by atoms with E-state index in [2.05, 4.69) is 35.5 Å². The van der Waals surface area contributed by atoms with Gasteiger partial charge in [-0.1, -0.05) is 39.0 Å². The van der Waals surface area contributed by atoms with Crippen LogP contribution in [0.2, 0.25) is 0 Å². The van der Waals surface area contributed by atoms with Crippen LogP contribution >= 0.6 is 0 Å². The number of H-pyrrole nitrogens is 2. The fraction of sp³-hybridized carbons (Fsp3) is 0.172. The molecule has 1 amide bonds. The summed E-state index contributed by atoms with van der Waals surface area (Å²) in [6.07, 6.45) is 7.07. The molecule has 39 heavy (non-hydrogen) atoms. The number of nitrogens with one attached hydrogen (secondary N) is 3. The van der Waals surface area contributed by atoms with Crippen molar-refractivity contribution >= 4 is 33.8 Å². The normalized spacial score (nSPS) is 11.8. The number of carbonyl (C=O) groups is 1. The van der Waals surface area contributed by atoms with Crippen LogP contribution in [0.1, 0.15) is 27.2 Å². The second-order valence-corrected chi connectivity index (χ2v) is 10.6. The van der Waals surface area contributed by atoms with Crippen LogP contribution in [0.25, 0.3) is 56.0 Å². The van der Waals surface area contributed by atoms with Crippen molar-refractivity contribution in [2.75, 3.05) is 5.32 Å². The molecule has 9 nitrogen and oxygen atoms in total. The third-order valence-electron chi connectivity index (χ3n) is 6.24. The van der Waals surface area contributed by atoms with Gasteiger partial charge in [0.2, 0.25) is 5.91 Å². The van der Waals surface area contributed by atoms with Crippen molar-refractivity contribution in [3.63, 3.8) is 0 Å². The Labute approximate surface area is 223 Å². The smallest absolute Gasteiger partial charge is 0.224 e. The van der Waals surface area contributed by atoms with Gasteiger partial charge in [-0.25, -0.2) is 19.3 Å². The molecule has 0 atom stereocenters. The van der Waals surface area contributed by atoms with Crippen molar-refractivity contribution in [2.24, 2.45) is 5.41 Å². The van der Waals surface area contributed by atoms with Crippen LogP contribution in [0.4, 0.5) is 10.1 Å². The molecule has 6 aromatic rings. The zero-order valence-electron chi connectivity index (χ0n) is 21.6. The molecule has 10 heteroatoms. The quantitative estimate of drug-likeness (QED) is 0.251. The molecule has 0 saturated heterocycles. The second kappa shape index (κ2) is 9.39. The van der Waals surface area contributed by atoms with Gasteiger partial charge in [-0.15, -0.1) is 0 Å². The van der Waals surface area contributed by atoms with Gasteiger partial charge in [0, 0.05) is 47.3 Å². The highest BCUT2D eigenvalue weighted by molar-refractivity contribution is 5.96. The number of carbonyl (C=O) groups excluding carboxylic acids is 1. The minimum atomic E-state index is -0.334. The number of benzene rings is 1. The zero-order chi connectivity index (χ0) is 27.1. The number of aromatic amines is 2. The number of halogens is 1. The SMILES string of the molecule is CC(C)(C)CC(=O)Nc1cncc(-c2cnc3[nH]nc(-c4nc5c(-c6ccccc6F)ccnc5[nH]4)c3c2)c1. The number of rotatable bonds is 5. The van der Waals surface area contributed by atoms with Gasteiger partial charge in [-0.2, -0.15) is 5.10 Å². The molecule has 0 aliphatic carbocycles. The van der Waals surface area contributed by atoms with E-state index in [1.807, 2.05) is 32.9 Å². The van der Waals surface area contributed by atoms with Crippen LogP contribution in [0.15, 0.2) is 67.3 Å². The van der Waals surface area contributed by atoms with E-state index in [0.29, 0.717) is 51.6 Å². The maximum absolute atomic E-state index is 14.6. The first-order valence-electron chi connectivity index (χ1n) is 12.4. The molecule has 0 aliphatic rings. The lowest BCUT2D eigenvalue weighted by Gasteiger charge is -2.17. The number of anilines is 1. The van der Waals surface area contributed by atoms with Crippen molar-refractivity contribution in [3.05, 3.63) is 73.1 Å². The number of aromatic nitrogens is 7. The zero-order valence-corrected chi connectivity index (χ0v) is 21.6. The van der Waals surface area contributed by atoms with E-state index in [9.17, 15) is 9.18 Å². The maximum atomic E-state index is 14.6. The summed E-state index contributed by atoms with van der Waals surface area (Å²) in [4.78, 5) is 33.6. The highest BCUT2D eigenvalue weighted by atomic mass is 19.1. The number of fused-ring (bicyclic) bond motifs is 2. The monoisotopic (exact) mass is 520 g/mol. The third-order valence-corrected chi connectivity index (χ3v) is 6.24. The summed E-state index contributed by atoms with van der Waals surface area (Å²) >= 11 is 0. The van der Waals surface area contributed by atoms with Gasteiger partial charge in [0.25, 0.3) is 0 Å². The summed E-state index contributed by atoms with van der Waals surface area (Å²) in [6, 6.07) is 12.1. The fourth-order valence-corrected chi connectivity index (χ4v) is 4.51. The summed E-state index contributed by atoms with van der Waals surface area (Å²) in [6.45, 7) is 6.05. The molecule has 3 N–H and O–H groups in total. The van der Waals surface area contributed by atoms with E-state index in [-0.39, 0.29) is 17.1 Å². The molecule has 0 bridgehead atoms. The summed E-state index contributed by atoms with van der Waals surface area (Å²) in [7, 11) is 0. The minimum Gasteiger partial charge on any atom is -0.325 e. The van der Waals surface area contributed by atoms with Crippen molar-refractivity contribution in [1.82, 2.24) is 35.1 Å². The Morgan fingerprint density at radius 1 is 0.974 bits per heavy atom. The lowest BCUT2D eigenvalue weighted by atomic mass is 9.92. The molecule has 0 fully saturated rings. The van der Waals surface area contributed by atoms with Crippen LogP contribution < -0.4 is 5.32 Å². The van der Waals surface area contributed by atoms with Crippen molar-refractivity contribution in [2.45, 2.75) is 27.2 Å². The van der Waals surface area contributed by atoms with Crippen molar-refractivity contribution in [3.8, 4) is 33.8 Å². The predicted octanol–water partition coefficient (Wildman–Crippen LogP) is 6.14. The molecular weight excluding hydrogens is 495 g/mol. The summed E-state index contributed by atoms with van der Waals surface area (Å²) in [5.74, 6) is 0.0762. The summed E-state index contributed by atoms with van der Waals surface area (Å²) in [5, 5.41) is 11.1. The lowest BCUT2D eigenvalue weighted by Crippen LogP contribution is -2.19. The largest absolute Gasteiger partial charge is 0.325 e. The molecular formula is C29H25FN8O. The number of hydrogen-bond donors (Lipinski definition) is 3. The van der Waals surface area contributed by atoms with E-state index in [1.165, 1.54) is 6.07 Å². The Morgan fingerprint density at radius 3 is 2.62 bits per heavy atom. The van der Waals surface area contributed by atoms with Gasteiger partial charge < -0.3 is 10.3 Å². The topological polar surface area (TPSA) is 125 Å². The molecule has 0 aliphatic heterocycles. The number of amides is 1. The van der Waals surface area contributed by atoms with Crippen molar-refractivity contribution < 1.29 is 9.18 Å². The van der Waals surface area contributed by atoms with E-state index in [4.69, 9.17) is 4.98 Å². The van der Waals surface area contributed by atoms with Gasteiger partial charge in [0.05, 0.1) is 17.3 Å². The number of nitrogens with zero attached hydrogens (tertiary/aromatic N) is 5. The van der Waals surface area contributed by atoms with Crippen LogP contribution in [0.3, 0.4) is 0 Å². The van der Waals surface area contributed by atoms with Gasteiger partial charge in [-0.3, -0.25) is 14.9 Å². The number of hydrogen-bond acceptors (Lipinski definition) is 6. The fourth-order valence-electron chi connectivity index (χ4n) is 4.51. The molecule has 6 rings (SSSR count). The van der Waals surface area contributed by atoms with E-state index in [1.54, 1.807) is 49.1 Å². The van der Waals surface area contributed by atoms with Crippen LogP contribution in [0.5, 0.6) is 0 Å². The Bertz CT molecular complexity index is 1850. The summed E-state index contributed by atoms with van der Waals surface area (Å²) < 4.78 is 14.6. The maximum Gasteiger partial charge on any atom is 0.224 e. The molecule has 0 saturated carbocycles. The number of pyridine rings is 3. The van der Waals surface area contributed by atoms with Crippen LogP contribution in [0, 0.1) is 11.2 Å². The second-order valence-electron chi connectivity index (χ2n) is 10.6. The molecule has 5 heterocycles. The van der Waals surface area contributed by atoms with Gasteiger partial charge >= 0.3 is 0 Å². The molecule has 5 aromatic heterocycles. The predicted molar refractivity (Wildman–Crippen MR) is 148 cm³/mol. The van der Waals surface area contributed by atoms with Gasteiger partial charge in [-0.05, 0) is 29.7 Å². The molecule has 1 aromatic carbocycles. The number of imidazole rings is 1. The van der Waals surface area contributed by atoms with Gasteiger partial charge in [0.1, 0.15) is 17.0 Å². The first-order valence-corrected chi connectivity index (χ1v) is 12.4. The minimum absolute atomic E-state index is 0.0691. The highest BCUT2D eigenvalue weighted by Crippen LogP contribution is 2.33. The first kappa shape index (κ1) is 24.4. The molecule has 0 unspecified atom stereocenters. The molecule has 0 radical (unpaired) electrons. The van der Waals surface area contributed by atoms with Crippen LogP contribution in [-0.2, 0) is 4.79 Å². The Balaban J connectivity index is 1.37. The standard InChI is InChI=1S/C29H25FN8O/c1-29(2,3)12-23(39)34-18-10-16(13-31-15-18)17-11-21-25(37-38-26(21)33-14-17)28-35-24-20(8-9-32-27(24)36-28)19-6-4-5-7-22(19)30/h4-11,13-15H,12H2,1-3H3,(H,34,39)(H,32,35,36)(H,33,37,38). The van der Waals surface area contributed by atoms with Crippen molar-refractivity contribution in [1.29, 1.82) is 0 Å². The van der Waals surface area contributed by atoms with E-state index < -0.39 is 0 Å². The summed E-state index contributed by atoms with van der Waals surface area (Å²) in [5.41, 5.74) is 5.36. The Morgan fingerprint density at radius 2 is 1.79 bits per heavy atom. The van der Waals surface area contributed by atoms with E-state index >= 15 is 0 Å². The highest BCUT2D eigenvalue weighted by Gasteiger charge is 2.19. The first-order chi connectivity index (χ1) is 18.7. The van der Waals surface area contributed by atoms with E-state index in [0.717, 1.165) is 16.5 Å². The van der Waals surface area contributed by atoms with Crippen LogP contribution in [-0.4, -0.2) is 41.0 Å². The average Bonchev–Trinajstić information content (AvgIpc) is 3.51.